The van der Waals surface area contributed by atoms with E-state index < -0.39 is 41.3 Å². The summed E-state index contributed by atoms with van der Waals surface area (Å²) in [5.74, 6) is 0.0508. The van der Waals surface area contributed by atoms with Crippen LogP contribution in [-0.4, -0.2) is 45.6 Å². The second-order valence-electron chi connectivity index (χ2n) is 12.5. The van der Waals surface area contributed by atoms with Gasteiger partial charge in [-0.1, -0.05) is 31.2 Å². The Hall–Kier alpha value is -3.04. The van der Waals surface area contributed by atoms with Crippen molar-refractivity contribution in [1.29, 1.82) is 0 Å². The van der Waals surface area contributed by atoms with Gasteiger partial charge in [-0.3, -0.25) is 0 Å². The van der Waals surface area contributed by atoms with Crippen LogP contribution in [0.15, 0.2) is 39.7 Å². The van der Waals surface area contributed by atoms with Crippen molar-refractivity contribution in [2.75, 3.05) is 6.61 Å². The topological polar surface area (TPSA) is 116 Å². The minimum Gasteiger partial charge on any atom is -0.483 e. The molecule has 6 heterocycles. The SMILES string of the molecule is C[C@H]1[C@H](OCCn2cc(COc3cccc4c(C(F)(F)F)cc(=O)oc34)nn2)O[C@@H]2O[C@@]3(C)CC[C@H]4[C@H](C)CC[C@@H]1[C@@]24OO3. The summed E-state index contributed by atoms with van der Waals surface area (Å²) in [6.45, 7) is 6.82. The Bertz CT molecular complexity index is 1600. The van der Waals surface area contributed by atoms with Crippen molar-refractivity contribution in [3.63, 3.8) is 0 Å². The molecule has 8 rings (SSSR count). The molecule has 44 heavy (non-hydrogen) atoms. The number of aromatic nitrogens is 3. The normalized spacial score (nSPS) is 35.0. The van der Waals surface area contributed by atoms with Gasteiger partial charge in [-0.2, -0.15) is 13.2 Å². The lowest BCUT2D eigenvalue weighted by Gasteiger charge is -2.60. The minimum atomic E-state index is -4.72. The molecule has 2 aromatic heterocycles. The Morgan fingerprint density at radius 3 is 2.80 bits per heavy atom. The average Bonchev–Trinajstić information content (AvgIpc) is 3.31. The van der Waals surface area contributed by atoms with Gasteiger partial charge in [0.05, 0.1) is 24.9 Å². The van der Waals surface area contributed by atoms with Gasteiger partial charge >= 0.3 is 11.8 Å². The smallest absolute Gasteiger partial charge is 0.417 e. The Morgan fingerprint density at radius 1 is 1.14 bits per heavy atom. The quantitative estimate of drug-likeness (QED) is 0.257. The maximum absolute atomic E-state index is 13.5. The van der Waals surface area contributed by atoms with Crippen LogP contribution < -0.4 is 10.4 Å². The van der Waals surface area contributed by atoms with Crippen molar-refractivity contribution in [2.24, 2.45) is 23.7 Å². The zero-order chi connectivity index (χ0) is 30.9. The van der Waals surface area contributed by atoms with Crippen molar-refractivity contribution >= 4 is 11.0 Å². The Kier molecular flexibility index (Phi) is 7.28. The van der Waals surface area contributed by atoms with Gasteiger partial charge in [-0.25, -0.2) is 19.3 Å². The summed E-state index contributed by atoms with van der Waals surface area (Å²) >= 11 is 0. The van der Waals surface area contributed by atoms with E-state index in [0.29, 0.717) is 24.2 Å². The maximum atomic E-state index is 13.5. The molecule has 1 saturated carbocycles. The van der Waals surface area contributed by atoms with Gasteiger partial charge in [0.1, 0.15) is 12.3 Å². The van der Waals surface area contributed by atoms with Crippen molar-refractivity contribution in [2.45, 2.75) is 89.8 Å². The first-order valence-electron chi connectivity index (χ1n) is 14.9. The van der Waals surface area contributed by atoms with E-state index in [1.165, 1.54) is 18.2 Å². The molecule has 5 fully saturated rings. The molecule has 4 saturated heterocycles. The summed E-state index contributed by atoms with van der Waals surface area (Å²) in [4.78, 5) is 23.9. The maximum Gasteiger partial charge on any atom is 0.417 e. The van der Waals surface area contributed by atoms with Crippen molar-refractivity contribution < 1.29 is 46.3 Å². The molecule has 1 aromatic carbocycles. The second kappa shape index (κ2) is 10.8. The molecule has 8 atom stereocenters. The molecule has 1 spiro atoms. The predicted octanol–water partition coefficient (Wildman–Crippen LogP) is 5.21. The second-order valence-corrected chi connectivity index (χ2v) is 12.5. The molecule has 14 heteroatoms. The third-order valence-electron chi connectivity index (χ3n) is 9.70. The highest BCUT2D eigenvalue weighted by Crippen LogP contribution is 2.60. The summed E-state index contributed by atoms with van der Waals surface area (Å²) in [6.07, 6.45) is -0.427. The number of halogens is 3. The number of hydrogen-bond acceptors (Lipinski definition) is 10. The van der Waals surface area contributed by atoms with E-state index >= 15 is 0 Å². The molecule has 0 unspecified atom stereocenters. The van der Waals surface area contributed by atoms with Crippen LogP contribution in [0.2, 0.25) is 0 Å². The number of ether oxygens (including phenoxy) is 4. The molecule has 238 valence electrons. The summed E-state index contributed by atoms with van der Waals surface area (Å²) in [7, 11) is 0. The lowest BCUT2D eigenvalue weighted by Crippen LogP contribution is -2.70. The van der Waals surface area contributed by atoms with E-state index in [2.05, 4.69) is 24.2 Å². The Labute approximate surface area is 250 Å². The fourth-order valence-corrected chi connectivity index (χ4v) is 7.50. The Balaban J connectivity index is 0.990. The fourth-order valence-electron chi connectivity index (χ4n) is 7.50. The molecule has 3 aromatic rings. The first-order valence-corrected chi connectivity index (χ1v) is 14.9. The van der Waals surface area contributed by atoms with Gasteiger partial charge in [0.15, 0.2) is 29.5 Å². The van der Waals surface area contributed by atoms with Crippen molar-refractivity contribution in [3.8, 4) is 5.75 Å². The number of para-hydroxylation sites is 1. The highest BCUT2D eigenvalue weighted by atomic mass is 19.4. The van der Waals surface area contributed by atoms with E-state index in [0.717, 1.165) is 25.7 Å². The molecular weight excluding hydrogens is 587 g/mol. The van der Waals surface area contributed by atoms with Gasteiger partial charge in [0, 0.05) is 29.7 Å². The van der Waals surface area contributed by atoms with Gasteiger partial charge < -0.3 is 23.4 Å². The van der Waals surface area contributed by atoms with Gasteiger partial charge in [0.2, 0.25) is 5.79 Å². The molecule has 0 N–H and O–H groups in total. The number of benzene rings is 1. The third-order valence-corrected chi connectivity index (χ3v) is 9.70. The first-order chi connectivity index (χ1) is 21.0. The van der Waals surface area contributed by atoms with Crippen molar-refractivity contribution in [1.82, 2.24) is 15.0 Å². The lowest BCUT2D eigenvalue weighted by molar-refractivity contribution is -0.577. The number of rotatable bonds is 7. The number of nitrogens with zero attached hydrogens (tertiary/aromatic N) is 3. The van der Waals surface area contributed by atoms with E-state index in [9.17, 15) is 18.0 Å². The molecule has 2 bridgehead atoms. The zero-order valence-corrected chi connectivity index (χ0v) is 24.5. The van der Waals surface area contributed by atoms with Gasteiger partial charge in [-0.15, -0.1) is 5.10 Å². The van der Waals surface area contributed by atoms with Crippen LogP contribution in [0.25, 0.3) is 11.0 Å². The largest absolute Gasteiger partial charge is 0.483 e. The molecule has 0 radical (unpaired) electrons. The van der Waals surface area contributed by atoms with Gasteiger partial charge in [0.25, 0.3) is 0 Å². The standard InChI is InChI=1S/C30H34F3N3O8/c1-16-7-8-21-17(2)26(41-27-29(21)20(16)9-10-28(3,42-27)43-44-29)38-12-11-36-14-18(34-35-36)15-39-23-6-4-5-19-22(30(31,32)33)13-24(37)40-25(19)23/h4-6,13-14,16-17,20-21,26-27H,7-12,15H2,1-3H3/t16-,17-,20+,21+,26-,27-,28-,29-/m1/s1. The number of alkyl halides is 3. The monoisotopic (exact) mass is 621 g/mol. The van der Waals surface area contributed by atoms with Crippen LogP contribution in [0.5, 0.6) is 5.75 Å². The third kappa shape index (κ3) is 5.00. The van der Waals surface area contributed by atoms with Crippen LogP contribution >= 0.6 is 0 Å². The summed E-state index contributed by atoms with van der Waals surface area (Å²) in [5.41, 5.74) is -2.72. The molecule has 11 nitrogen and oxygen atoms in total. The van der Waals surface area contributed by atoms with E-state index in [1.54, 1.807) is 10.9 Å². The van der Waals surface area contributed by atoms with Crippen LogP contribution in [0, 0.1) is 23.7 Å². The van der Waals surface area contributed by atoms with Crippen LogP contribution in [-0.2, 0) is 43.3 Å². The molecular formula is C30H34F3N3O8. The minimum absolute atomic E-state index is 0.0122. The Morgan fingerprint density at radius 2 is 1.98 bits per heavy atom. The lowest BCUT2D eigenvalue weighted by atomic mass is 9.58. The van der Waals surface area contributed by atoms with Crippen LogP contribution in [0.3, 0.4) is 0 Å². The summed E-state index contributed by atoms with van der Waals surface area (Å²) in [6, 6.07) is 4.48. The van der Waals surface area contributed by atoms with E-state index in [4.69, 9.17) is 33.1 Å². The molecule has 5 aliphatic rings. The molecule has 1 aliphatic carbocycles. The molecule has 0 amide bonds. The summed E-state index contributed by atoms with van der Waals surface area (Å²) < 4.78 is 71.7. The van der Waals surface area contributed by atoms with Crippen LogP contribution in [0.1, 0.15) is 57.7 Å². The van der Waals surface area contributed by atoms with Crippen molar-refractivity contribution in [3.05, 3.63) is 52.1 Å². The number of hydrogen-bond donors (Lipinski definition) is 0. The predicted molar refractivity (Wildman–Crippen MR) is 145 cm³/mol. The molecule has 4 aliphatic heterocycles. The van der Waals surface area contributed by atoms with Crippen LogP contribution in [0.4, 0.5) is 13.2 Å². The van der Waals surface area contributed by atoms with E-state index in [-0.39, 0.29) is 47.7 Å². The fraction of sp³-hybridized carbons (Fsp3) is 0.633. The highest BCUT2D eigenvalue weighted by molar-refractivity contribution is 5.85. The number of fused-ring (bicyclic) bond motifs is 3. The van der Waals surface area contributed by atoms with E-state index in [1.807, 2.05) is 6.92 Å². The first kappa shape index (κ1) is 29.7. The van der Waals surface area contributed by atoms with Gasteiger partial charge in [-0.05, 0) is 44.1 Å². The highest BCUT2D eigenvalue weighted by Gasteiger charge is 2.69. The average molecular weight is 622 g/mol. The summed E-state index contributed by atoms with van der Waals surface area (Å²) in [5, 5.41) is 7.93. The zero-order valence-electron chi connectivity index (χ0n) is 24.5.